The van der Waals surface area contributed by atoms with Gasteiger partial charge in [0.25, 0.3) is 0 Å². The van der Waals surface area contributed by atoms with E-state index in [1.54, 1.807) is 12.1 Å². The number of hydrogen-bond acceptors (Lipinski definition) is 2. The Bertz CT molecular complexity index is 494. The molecule has 0 aliphatic carbocycles. The average Bonchev–Trinajstić information content (AvgIpc) is 2.96. The highest BCUT2D eigenvalue weighted by Gasteiger charge is 2.42. The SMILES string of the molecule is O=C(Nc1cc(Cl)ccc1Br)C1CC2CCC1N2. The summed E-state index contributed by atoms with van der Waals surface area (Å²) in [5.74, 6) is 0.187. The zero-order valence-corrected chi connectivity index (χ0v) is 12.1. The zero-order valence-electron chi connectivity index (χ0n) is 9.75. The molecule has 1 amide bonds. The van der Waals surface area contributed by atoms with Crippen LogP contribution in [0, 0.1) is 5.92 Å². The van der Waals surface area contributed by atoms with Gasteiger partial charge in [-0.3, -0.25) is 4.79 Å². The third-order valence-corrected chi connectivity index (χ3v) is 4.75. The van der Waals surface area contributed by atoms with Crippen molar-refractivity contribution in [1.29, 1.82) is 0 Å². The number of carbonyl (C=O) groups is 1. The second kappa shape index (κ2) is 4.83. The second-order valence-corrected chi connectivity index (χ2v) is 6.29. The van der Waals surface area contributed by atoms with E-state index in [0.717, 1.165) is 23.0 Å². The average molecular weight is 330 g/mol. The molecular formula is C13H14BrClN2O. The summed E-state index contributed by atoms with van der Waals surface area (Å²) in [6.45, 7) is 0. The van der Waals surface area contributed by atoms with E-state index in [4.69, 9.17) is 11.6 Å². The second-order valence-electron chi connectivity index (χ2n) is 5.00. The summed E-state index contributed by atoms with van der Waals surface area (Å²) < 4.78 is 0.858. The van der Waals surface area contributed by atoms with Gasteiger partial charge in [-0.25, -0.2) is 0 Å². The first-order valence-corrected chi connectivity index (χ1v) is 7.32. The van der Waals surface area contributed by atoms with E-state index < -0.39 is 0 Å². The fourth-order valence-corrected chi connectivity index (χ4v) is 3.45. The number of fused-ring (bicyclic) bond motifs is 2. The maximum absolute atomic E-state index is 12.3. The van der Waals surface area contributed by atoms with Crippen molar-refractivity contribution in [3.8, 4) is 0 Å². The largest absolute Gasteiger partial charge is 0.325 e. The van der Waals surface area contributed by atoms with Crippen molar-refractivity contribution < 1.29 is 4.79 Å². The van der Waals surface area contributed by atoms with Crippen molar-refractivity contribution >= 4 is 39.1 Å². The lowest BCUT2D eigenvalue weighted by atomic mass is 9.88. The highest BCUT2D eigenvalue weighted by molar-refractivity contribution is 9.10. The fraction of sp³-hybridized carbons (Fsp3) is 0.462. The fourth-order valence-electron chi connectivity index (χ4n) is 2.93. The number of benzene rings is 1. The predicted molar refractivity (Wildman–Crippen MR) is 75.8 cm³/mol. The first-order valence-electron chi connectivity index (χ1n) is 6.15. The minimum atomic E-state index is 0.0923. The van der Waals surface area contributed by atoms with Gasteiger partial charge in [0.05, 0.1) is 11.6 Å². The number of amides is 1. The Hall–Kier alpha value is -0.580. The molecular weight excluding hydrogens is 316 g/mol. The van der Waals surface area contributed by atoms with Gasteiger partial charge in [-0.15, -0.1) is 0 Å². The molecule has 2 saturated heterocycles. The zero-order chi connectivity index (χ0) is 12.7. The molecule has 0 spiro atoms. The highest BCUT2D eigenvalue weighted by atomic mass is 79.9. The van der Waals surface area contributed by atoms with Gasteiger partial charge in [-0.1, -0.05) is 11.6 Å². The monoisotopic (exact) mass is 328 g/mol. The molecule has 3 rings (SSSR count). The number of nitrogens with one attached hydrogen (secondary N) is 2. The van der Waals surface area contributed by atoms with Crippen LogP contribution in [0.15, 0.2) is 22.7 Å². The molecule has 0 radical (unpaired) electrons. The van der Waals surface area contributed by atoms with Crippen molar-refractivity contribution in [3.63, 3.8) is 0 Å². The first-order chi connectivity index (χ1) is 8.63. The Morgan fingerprint density at radius 2 is 2.28 bits per heavy atom. The maximum atomic E-state index is 12.3. The van der Waals surface area contributed by atoms with Crippen molar-refractivity contribution in [2.75, 3.05) is 5.32 Å². The number of carbonyl (C=O) groups excluding carboxylic acids is 1. The lowest BCUT2D eigenvalue weighted by molar-refractivity contribution is -0.120. The summed E-state index contributed by atoms with van der Waals surface area (Å²) in [5.41, 5.74) is 0.746. The Balaban J connectivity index is 1.72. The summed E-state index contributed by atoms with van der Waals surface area (Å²) >= 11 is 9.36. The summed E-state index contributed by atoms with van der Waals surface area (Å²) in [6, 6.07) is 6.29. The van der Waals surface area contributed by atoms with Gasteiger partial charge >= 0.3 is 0 Å². The maximum Gasteiger partial charge on any atom is 0.229 e. The van der Waals surface area contributed by atoms with Gasteiger partial charge in [0.1, 0.15) is 0 Å². The molecule has 1 aromatic rings. The quantitative estimate of drug-likeness (QED) is 0.875. The molecule has 2 heterocycles. The normalized spacial score (nSPS) is 29.6. The Morgan fingerprint density at radius 1 is 1.44 bits per heavy atom. The van der Waals surface area contributed by atoms with Crippen LogP contribution < -0.4 is 10.6 Å². The molecule has 0 saturated carbocycles. The molecule has 2 aliphatic rings. The van der Waals surface area contributed by atoms with Crippen LogP contribution >= 0.6 is 27.5 Å². The van der Waals surface area contributed by atoms with Gasteiger partial charge in [0, 0.05) is 21.6 Å². The van der Waals surface area contributed by atoms with Crippen LogP contribution in [0.1, 0.15) is 19.3 Å². The predicted octanol–water partition coefficient (Wildman–Crippen LogP) is 3.18. The molecule has 2 fully saturated rings. The molecule has 3 nitrogen and oxygen atoms in total. The number of hydrogen-bond donors (Lipinski definition) is 2. The lowest BCUT2D eigenvalue weighted by Crippen LogP contribution is -2.32. The van der Waals surface area contributed by atoms with Gasteiger partial charge in [0.2, 0.25) is 5.91 Å². The van der Waals surface area contributed by atoms with Gasteiger partial charge < -0.3 is 10.6 Å². The minimum absolute atomic E-state index is 0.0923. The molecule has 2 bridgehead atoms. The topological polar surface area (TPSA) is 41.1 Å². The molecule has 1 aromatic carbocycles. The smallest absolute Gasteiger partial charge is 0.229 e. The van der Waals surface area contributed by atoms with E-state index in [1.807, 2.05) is 6.07 Å². The molecule has 3 atom stereocenters. The van der Waals surface area contributed by atoms with Crippen LogP contribution in [0.4, 0.5) is 5.69 Å². The Morgan fingerprint density at radius 3 is 2.94 bits per heavy atom. The third-order valence-electron chi connectivity index (χ3n) is 3.82. The van der Waals surface area contributed by atoms with E-state index in [1.165, 1.54) is 6.42 Å². The standard InChI is InChI=1S/C13H14BrClN2O/c14-10-3-1-7(15)5-12(10)17-13(18)9-6-8-2-4-11(9)16-8/h1,3,5,8-9,11,16H,2,4,6H2,(H,17,18). The van der Waals surface area contributed by atoms with Gasteiger partial charge in [-0.2, -0.15) is 0 Å². The van der Waals surface area contributed by atoms with Crippen LogP contribution in [-0.4, -0.2) is 18.0 Å². The molecule has 3 unspecified atom stereocenters. The first kappa shape index (κ1) is 12.5. The molecule has 2 N–H and O–H groups in total. The molecule has 2 aliphatic heterocycles. The van der Waals surface area contributed by atoms with E-state index in [2.05, 4.69) is 26.6 Å². The van der Waals surface area contributed by atoms with Crippen molar-refractivity contribution in [3.05, 3.63) is 27.7 Å². The number of anilines is 1. The van der Waals surface area contributed by atoms with E-state index in [-0.39, 0.29) is 11.8 Å². The van der Waals surface area contributed by atoms with Gasteiger partial charge in [-0.05, 0) is 53.4 Å². The Labute approximate surface area is 119 Å². The molecule has 18 heavy (non-hydrogen) atoms. The van der Waals surface area contributed by atoms with Crippen molar-refractivity contribution in [2.24, 2.45) is 5.92 Å². The van der Waals surface area contributed by atoms with E-state index >= 15 is 0 Å². The number of halogens is 2. The van der Waals surface area contributed by atoms with Crippen molar-refractivity contribution in [2.45, 2.75) is 31.3 Å². The van der Waals surface area contributed by atoms with Crippen LogP contribution in [0.3, 0.4) is 0 Å². The summed E-state index contributed by atoms with van der Waals surface area (Å²) in [5, 5.41) is 7.06. The lowest BCUT2D eigenvalue weighted by Gasteiger charge is -2.19. The molecule has 5 heteroatoms. The molecule has 96 valence electrons. The van der Waals surface area contributed by atoms with E-state index in [9.17, 15) is 4.79 Å². The van der Waals surface area contributed by atoms with Crippen LogP contribution in [-0.2, 0) is 4.79 Å². The summed E-state index contributed by atoms with van der Waals surface area (Å²) in [7, 11) is 0. The van der Waals surface area contributed by atoms with Crippen LogP contribution in [0.2, 0.25) is 5.02 Å². The van der Waals surface area contributed by atoms with Crippen LogP contribution in [0.5, 0.6) is 0 Å². The minimum Gasteiger partial charge on any atom is -0.325 e. The molecule has 0 aromatic heterocycles. The Kier molecular flexibility index (Phi) is 3.34. The third kappa shape index (κ3) is 2.29. The summed E-state index contributed by atoms with van der Waals surface area (Å²) in [6.07, 6.45) is 3.27. The van der Waals surface area contributed by atoms with E-state index in [0.29, 0.717) is 17.1 Å². The van der Waals surface area contributed by atoms with Crippen molar-refractivity contribution in [1.82, 2.24) is 5.32 Å². The number of rotatable bonds is 2. The van der Waals surface area contributed by atoms with Crippen LogP contribution in [0.25, 0.3) is 0 Å². The highest BCUT2D eigenvalue weighted by Crippen LogP contribution is 2.34. The van der Waals surface area contributed by atoms with Gasteiger partial charge in [0.15, 0.2) is 0 Å². The summed E-state index contributed by atoms with van der Waals surface area (Å²) in [4.78, 5) is 12.3.